The number of aromatic nitrogens is 1. The predicted octanol–water partition coefficient (Wildman–Crippen LogP) is 4.06. The number of ether oxygens (including phenoxy) is 1. The van der Waals surface area contributed by atoms with E-state index < -0.39 is 0 Å². The molecule has 0 radical (unpaired) electrons. The van der Waals surface area contributed by atoms with E-state index in [9.17, 15) is 0 Å². The van der Waals surface area contributed by atoms with Gasteiger partial charge in [0.25, 0.3) is 0 Å². The SMILES string of the molecule is CCNC(c1ccc(Cl)c(OC)c1)c1ncc(C)cc1C. The number of pyridine rings is 1. The molecule has 0 aliphatic rings. The smallest absolute Gasteiger partial charge is 0.137 e. The van der Waals surface area contributed by atoms with Gasteiger partial charge in [0.1, 0.15) is 5.75 Å². The molecule has 0 aliphatic heterocycles. The standard InChI is InChI=1S/C17H21ClN2O/c1-5-19-17(16-12(3)8-11(2)10-20-16)13-6-7-14(18)15(9-13)21-4/h6-10,17,19H,5H2,1-4H3. The van der Waals surface area contributed by atoms with Crippen LogP contribution in [0.2, 0.25) is 5.02 Å². The number of rotatable bonds is 5. The molecule has 0 aliphatic carbocycles. The number of benzene rings is 1. The van der Waals surface area contributed by atoms with Crippen molar-refractivity contribution < 1.29 is 4.74 Å². The molecule has 0 amide bonds. The van der Waals surface area contributed by atoms with Crippen molar-refractivity contribution in [3.05, 3.63) is 57.9 Å². The third kappa shape index (κ3) is 3.55. The summed E-state index contributed by atoms with van der Waals surface area (Å²) in [5.41, 5.74) is 4.47. The van der Waals surface area contributed by atoms with E-state index in [0.717, 1.165) is 17.8 Å². The highest BCUT2D eigenvalue weighted by molar-refractivity contribution is 6.32. The van der Waals surface area contributed by atoms with E-state index in [1.54, 1.807) is 7.11 Å². The lowest BCUT2D eigenvalue weighted by Gasteiger charge is -2.21. The van der Waals surface area contributed by atoms with E-state index >= 15 is 0 Å². The minimum absolute atomic E-state index is 0.0294. The largest absolute Gasteiger partial charge is 0.495 e. The van der Waals surface area contributed by atoms with Gasteiger partial charge in [-0.05, 0) is 49.2 Å². The van der Waals surface area contributed by atoms with Crippen LogP contribution in [0.5, 0.6) is 5.75 Å². The van der Waals surface area contributed by atoms with Crippen molar-refractivity contribution in [3.63, 3.8) is 0 Å². The summed E-state index contributed by atoms with van der Waals surface area (Å²) in [7, 11) is 1.63. The van der Waals surface area contributed by atoms with Crippen LogP contribution in [0.1, 0.15) is 35.3 Å². The Hall–Kier alpha value is -1.58. The zero-order chi connectivity index (χ0) is 15.4. The number of aryl methyl sites for hydroxylation is 2. The summed E-state index contributed by atoms with van der Waals surface area (Å²) in [6.07, 6.45) is 1.90. The van der Waals surface area contributed by atoms with Crippen LogP contribution < -0.4 is 10.1 Å². The molecule has 21 heavy (non-hydrogen) atoms. The van der Waals surface area contributed by atoms with Gasteiger partial charge in [0.15, 0.2) is 0 Å². The Morgan fingerprint density at radius 3 is 2.67 bits per heavy atom. The van der Waals surface area contributed by atoms with Gasteiger partial charge in [-0.25, -0.2) is 0 Å². The third-order valence-corrected chi connectivity index (χ3v) is 3.76. The van der Waals surface area contributed by atoms with Crippen molar-refractivity contribution in [2.75, 3.05) is 13.7 Å². The first-order valence-corrected chi connectivity index (χ1v) is 7.44. The van der Waals surface area contributed by atoms with E-state index in [0.29, 0.717) is 10.8 Å². The molecule has 1 aromatic heterocycles. The number of methoxy groups -OCH3 is 1. The minimum Gasteiger partial charge on any atom is -0.495 e. The lowest BCUT2D eigenvalue weighted by molar-refractivity contribution is 0.414. The molecule has 2 aromatic rings. The topological polar surface area (TPSA) is 34.1 Å². The van der Waals surface area contributed by atoms with Gasteiger partial charge in [0.2, 0.25) is 0 Å². The first-order valence-electron chi connectivity index (χ1n) is 7.06. The van der Waals surface area contributed by atoms with E-state index in [2.05, 4.69) is 37.1 Å². The summed E-state index contributed by atoms with van der Waals surface area (Å²) in [5.74, 6) is 0.682. The van der Waals surface area contributed by atoms with Gasteiger partial charge < -0.3 is 10.1 Å². The monoisotopic (exact) mass is 304 g/mol. The molecule has 1 unspecified atom stereocenters. The number of halogens is 1. The van der Waals surface area contributed by atoms with E-state index in [1.807, 2.05) is 24.4 Å². The van der Waals surface area contributed by atoms with Gasteiger partial charge >= 0.3 is 0 Å². The lowest BCUT2D eigenvalue weighted by atomic mass is 9.99. The molecule has 1 heterocycles. The molecule has 1 aromatic carbocycles. The second-order valence-corrected chi connectivity index (χ2v) is 5.51. The maximum Gasteiger partial charge on any atom is 0.137 e. The average molecular weight is 305 g/mol. The summed E-state index contributed by atoms with van der Waals surface area (Å²) in [5, 5.41) is 4.10. The minimum atomic E-state index is 0.0294. The average Bonchev–Trinajstić information content (AvgIpc) is 2.46. The van der Waals surface area contributed by atoms with Gasteiger partial charge in [0.05, 0.1) is 23.9 Å². The molecule has 0 bridgehead atoms. The van der Waals surface area contributed by atoms with Crippen molar-refractivity contribution >= 4 is 11.6 Å². The van der Waals surface area contributed by atoms with Crippen molar-refractivity contribution in [1.82, 2.24) is 10.3 Å². The molecule has 0 saturated heterocycles. The van der Waals surface area contributed by atoms with Gasteiger partial charge in [-0.15, -0.1) is 0 Å². The van der Waals surface area contributed by atoms with Crippen LogP contribution in [0.4, 0.5) is 0 Å². The zero-order valence-electron chi connectivity index (χ0n) is 12.9. The predicted molar refractivity (Wildman–Crippen MR) is 87.2 cm³/mol. The summed E-state index contributed by atoms with van der Waals surface area (Å²) in [6.45, 7) is 7.08. The first-order chi connectivity index (χ1) is 10.1. The van der Waals surface area contributed by atoms with Crippen molar-refractivity contribution in [1.29, 1.82) is 0 Å². The Bertz CT molecular complexity index is 628. The molecule has 0 saturated carbocycles. The third-order valence-electron chi connectivity index (χ3n) is 3.45. The van der Waals surface area contributed by atoms with Crippen LogP contribution in [0.15, 0.2) is 30.5 Å². The second kappa shape index (κ2) is 6.92. The molecule has 2 rings (SSSR count). The fraction of sp³-hybridized carbons (Fsp3) is 0.353. The fourth-order valence-electron chi connectivity index (χ4n) is 2.46. The quantitative estimate of drug-likeness (QED) is 0.904. The van der Waals surface area contributed by atoms with Gasteiger partial charge in [-0.2, -0.15) is 0 Å². The van der Waals surface area contributed by atoms with Crippen LogP contribution in [0.25, 0.3) is 0 Å². The molecule has 112 valence electrons. The van der Waals surface area contributed by atoms with E-state index in [-0.39, 0.29) is 6.04 Å². The normalized spacial score (nSPS) is 12.2. The maximum absolute atomic E-state index is 6.12. The van der Waals surface area contributed by atoms with Crippen LogP contribution in [0.3, 0.4) is 0 Å². The Morgan fingerprint density at radius 1 is 1.29 bits per heavy atom. The van der Waals surface area contributed by atoms with Gasteiger partial charge in [0, 0.05) is 6.20 Å². The van der Waals surface area contributed by atoms with Crippen molar-refractivity contribution in [2.45, 2.75) is 26.8 Å². The lowest BCUT2D eigenvalue weighted by Crippen LogP contribution is -2.24. The second-order valence-electron chi connectivity index (χ2n) is 5.10. The highest BCUT2D eigenvalue weighted by Crippen LogP contribution is 2.31. The number of hydrogen-bond acceptors (Lipinski definition) is 3. The molecule has 4 heteroatoms. The number of nitrogens with one attached hydrogen (secondary N) is 1. The summed E-state index contributed by atoms with van der Waals surface area (Å²) in [4.78, 5) is 4.61. The van der Waals surface area contributed by atoms with E-state index in [4.69, 9.17) is 16.3 Å². The highest BCUT2D eigenvalue weighted by Gasteiger charge is 2.18. The zero-order valence-corrected chi connectivity index (χ0v) is 13.7. The van der Waals surface area contributed by atoms with Crippen LogP contribution in [0, 0.1) is 13.8 Å². The Labute approximate surface area is 131 Å². The Balaban J connectivity index is 2.47. The summed E-state index contributed by atoms with van der Waals surface area (Å²) in [6, 6.07) is 8.03. The molecule has 0 spiro atoms. The highest BCUT2D eigenvalue weighted by atomic mass is 35.5. The van der Waals surface area contributed by atoms with Crippen molar-refractivity contribution in [3.8, 4) is 5.75 Å². The molecule has 3 nitrogen and oxygen atoms in total. The van der Waals surface area contributed by atoms with Gasteiger partial charge in [-0.3, -0.25) is 4.98 Å². The first kappa shape index (κ1) is 15.8. The van der Waals surface area contributed by atoms with Crippen LogP contribution in [-0.4, -0.2) is 18.6 Å². The van der Waals surface area contributed by atoms with Crippen LogP contribution >= 0.6 is 11.6 Å². The summed E-state index contributed by atoms with van der Waals surface area (Å²) >= 11 is 6.12. The fourth-order valence-corrected chi connectivity index (χ4v) is 2.66. The van der Waals surface area contributed by atoms with Gasteiger partial charge in [-0.1, -0.05) is 30.7 Å². The van der Waals surface area contributed by atoms with Crippen molar-refractivity contribution in [2.24, 2.45) is 0 Å². The molecular weight excluding hydrogens is 284 g/mol. The van der Waals surface area contributed by atoms with E-state index in [1.165, 1.54) is 11.1 Å². The molecule has 0 fully saturated rings. The molecule has 1 atom stereocenters. The molecule has 1 N–H and O–H groups in total. The Kier molecular flexibility index (Phi) is 5.21. The molecular formula is C17H21ClN2O. The Morgan fingerprint density at radius 2 is 2.05 bits per heavy atom. The maximum atomic E-state index is 6.12. The summed E-state index contributed by atoms with van der Waals surface area (Å²) < 4.78 is 5.32. The number of hydrogen-bond donors (Lipinski definition) is 1. The number of nitrogens with zero attached hydrogens (tertiary/aromatic N) is 1. The van der Waals surface area contributed by atoms with Crippen LogP contribution in [-0.2, 0) is 0 Å².